The van der Waals surface area contributed by atoms with Crippen LogP contribution < -0.4 is 5.73 Å². The predicted octanol–water partition coefficient (Wildman–Crippen LogP) is 2.56. The van der Waals surface area contributed by atoms with Crippen molar-refractivity contribution in [1.82, 2.24) is 4.90 Å². The number of hydrogen-bond acceptors (Lipinski definition) is 2. The van der Waals surface area contributed by atoms with E-state index in [9.17, 15) is 8.78 Å². The Kier molecular flexibility index (Phi) is 5.50. The van der Waals surface area contributed by atoms with Crippen LogP contribution in [-0.2, 0) is 6.54 Å². The highest BCUT2D eigenvalue weighted by Crippen LogP contribution is 2.22. The Morgan fingerprint density at radius 1 is 1.39 bits per heavy atom. The molecule has 0 bridgehead atoms. The molecule has 0 saturated carbocycles. The van der Waals surface area contributed by atoms with E-state index < -0.39 is 11.6 Å². The van der Waals surface area contributed by atoms with Gasteiger partial charge in [-0.3, -0.25) is 4.90 Å². The maximum absolute atomic E-state index is 13.5. The summed E-state index contributed by atoms with van der Waals surface area (Å²) >= 11 is 0. The molecule has 1 fully saturated rings. The first-order valence-electron chi connectivity index (χ1n) is 5.98. The van der Waals surface area contributed by atoms with Crippen molar-refractivity contribution in [2.75, 3.05) is 13.1 Å². The molecule has 0 aromatic heterocycles. The van der Waals surface area contributed by atoms with Crippen molar-refractivity contribution in [3.63, 3.8) is 0 Å². The van der Waals surface area contributed by atoms with Gasteiger partial charge in [0.1, 0.15) is 11.6 Å². The summed E-state index contributed by atoms with van der Waals surface area (Å²) in [6.07, 6.45) is 1.01. The first-order valence-corrected chi connectivity index (χ1v) is 5.98. The molecule has 1 aliphatic heterocycles. The van der Waals surface area contributed by atoms with Crippen LogP contribution in [0.2, 0.25) is 0 Å². The van der Waals surface area contributed by atoms with E-state index in [0.29, 0.717) is 12.5 Å². The Hall–Kier alpha value is -0.710. The minimum absolute atomic E-state index is 0. The Labute approximate surface area is 113 Å². The predicted molar refractivity (Wildman–Crippen MR) is 70.6 cm³/mol. The van der Waals surface area contributed by atoms with Crippen LogP contribution in [-0.4, -0.2) is 24.0 Å². The standard InChI is InChI=1S/C13H18F2N2.ClH/c1-9(16)10-5-6-17(7-10)8-11-12(14)3-2-4-13(11)15;/h2-4,9-10H,5-8,16H2,1H3;1H. The second kappa shape index (κ2) is 6.45. The Morgan fingerprint density at radius 2 is 2.00 bits per heavy atom. The third kappa shape index (κ3) is 3.40. The van der Waals surface area contributed by atoms with Gasteiger partial charge in [-0.1, -0.05) is 6.07 Å². The molecule has 2 unspecified atom stereocenters. The van der Waals surface area contributed by atoms with E-state index in [0.717, 1.165) is 19.5 Å². The largest absolute Gasteiger partial charge is 0.328 e. The molecule has 102 valence electrons. The molecule has 1 aliphatic rings. The maximum atomic E-state index is 13.5. The molecular weight excluding hydrogens is 258 g/mol. The molecular formula is C13H19ClF2N2. The summed E-state index contributed by atoms with van der Waals surface area (Å²) in [5.74, 6) is -0.492. The number of benzene rings is 1. The Bertz CT molecular complexity index is 378. The van der Waals surface area contributed by atoms with Gasteiger partial charge in [0.2, 0.25) is 0 Å². The van der Waals surface area contributed by atoms with Crippen LogP contribution in [0.5, 0.6) is 0 Å². The summed E-state index contributed by atoms with van der Waals surface area (Å²) in [5, 5.41) is 0. The van der Waals surface area contributed by atoms with E-state index in [1.807, 2.05) is 6.92 Å². The average molecular weight is 277 g/mol. The minimum atomic E-state index is -0.464. The Balaban J connectivity index is 0.00000162. The summed E-state index contributed by atoms with van der Waals surface area (Å²) in [7, 11) is 0. The molecule has 5 heteroatoms. The highest BCUT2D eigenvalue weighted by molar-refractivity contribution is 5.85. The molecule has 1 heterocycles. The molecule has 0 amide bonds. The normalized spacial score (nSPS) is 21.7. The van der Waals surface area contributed by atoms with Gasteiger partial charge in [-0.05, 0) is 37.9 Å². The third-order valence-corrected chi connectivity index (χ3v) is 3.50. The summed E-state index contributed by atoms with van der Waals surface area (Å²) in [5.41, 5.74) is 6.00. The first-order chi connectivity index (χ1) is 8.08. The molecule has 0 radical (unpaired) electrons. The number of nitrogens with zero attached hydrogens (tertiary/aromatic N) is 1. The van der Waals surface area contributed by atoms with Crippen LogP contribution in [0.1, 0.15) is 18.9 Å². The number of likely N-dealkylation sites (tertiary alicyclic amines) is 1. The van der Waals surface area contributed by atoms with Crippen molar-refractivity contribution in [2.45, 2.75) is 25.9 Å². The molecule has 0 aliphatic carbocycles. The highest BCUT2D eigenvalue weighted by Gasteiger charge is 2.26. The van der Waals surface area contributed by atoms with Crippen LogP contribution in [0.25, 0.3) is 0 Å². The SMILES string of the molecule is CC(N)C1CCN(Cc2c(F)cccc2F)C1.Cl. The van der Waals surface area contributed by atoms with Crippen LogP contribution in [0.3, 0.4) is 0 Å². The molecule has 18 heavy (non-hydrogen) atoms. The topological polar surface area (TPSA) is 29.3 Å². The average Bonchev–Trinajstić information content (AvgIpc) is 2.72. The molecule has 1 saturated heterocycles. The number of nitrogens with two attached hydrogens (primary N) is 1. The molecule has 0 spiro atoms. The van der Waals surface area contributed by atoms with Crippen LogP contribution in [0.15, 0.2) is 18.2 Å². The van der Waals surface area contributed by atoms with Crippen LogP contribution in [0.4, 0.5) is 8.78 Å². The van der Waals surface area contributed by atoms with Gasteiger partial charge in [0, 0.05) is 24.7 Å². The van der Waals surface area contributed by atoms with E-state index >= 15 is 0 Å². The summed E-state index contributed by atoms with van der Waals surface area (Å²) in [6.45, 7) is 4.00. The van der Waals surface area contributed by atoms with Gasteiger partial charge in [0.15, 0.2) is 0 Å². The van der Waals surface area contributed by atoms with Crippen LogP contribution in [0, 0.1) is 17.6 Å². The van der Waals surface area contributed by atoms with Crippen molar-refractivity contribution >= 4 is 12.4 Å². The molecule has 1 aromatic carbocycles. The van der Waals surface area contributed by atoms with Gasteiger partial charge in [0.05, 0.1) is 0 Å². The van der Waals surface area contributed by atoms with Crippen molar-refractivity contribution < 1.29 is 8.78 Å². The van der Waals surface area contributed by atoms with Crippen molar-refractivity contribution in [3.05, 3.63) is 35.4 Å². The molecule has 2 N–H and O–H groups in total. The second-order valence-electron chi connectivity index (χ2n) is 4.84. The van der Waals surface area contributed by atoms with Gasteiger partial charge < -0.3 is 5.73 Å². The van der Waals surface area contributed by atoms with E-state index in [1.165, 1.54) is 18.2 Å². The van der Waals surface area contributed by atoms with Gasteiger partial charge in [-0.2, -0.15) is 0 Å². The van der Waals surface area contributed by atoms with E-state index in [1.54, 1.807) is 0 Å². The Morgan fingerprint density at radius 3 is 2.50 bits per heavy atom. The number of hydrogen-bond donors (Lipinski definition) is 1. The molecule has 2 atom stereocenters. The summed E-state index contributed by atoms with van der Waals surface area (Å²) in [4.78, 5) is 2.06. The smallest absolute Gasteiger partial charge is 0.130 e. The van der Waals surface area contributed by atoms with Crippen molar-refractivity contribution in [2.24, 2.45) is 11.7 Å². The fourth-order valence-electron chi connectivity index (χ4n) is 2.34. The fraction of sp³-hybridized carbons (Fsp3) is 0.538. The lowest BCUT2D eigenvalue weighted by Crippen LogP contribution is -2.29. The third-order valence-electron chi connectivity index (χ3n) is 3.50. The van der Waals surface area contributed by atoms with E-state index in [4.69, 9.17) is 5.73 Å². The lowest BCUT2D eigenvalue weighted by atomic mass is 10.0. The maximum Gasteiger partial charge on any atom is 0.130 e. The zero-order chi connectivity index (χ0) is 12.4. The van der Waals surface area contributed by atoms with Crippen molar-refractivity contribution in [1.29, 1.82) is 0 Å². The lowest BCUT2D eigenvalue weighted by Gasteiger charge is -2.18. The van der Waals surface area contributed by atoms with Gasteiger partial charge >= 0.3 is 0 Å². The monoisotopic (exact) mass is 276 g/mol. The zero-order valence-electron chi connectivity index (χ0n) is 10.4. The fourth-order valence-corrected chi connectivity index (χ4v) is 2.34. The lowest BCUT2D eigenvalue weighted by molar-refractivity contribution is 0.298. The zero-order valence-corrected chi connectivity index (χ0v) is 11.2. The molecule has 1 aromatic rings. The van der Waals surface area contributed by atoms with E-state index in [2.05, 4.69) is 4.90 Å². The van der Waals surface area contributed by atoms with Gasteiger partial charge in [-0.15, -0.1) is 12.4 Å². The quantitative estimate of drug-likeness (QED) is 0.919. The molecule has 2 nitrogen and oxygen atoms in total. The number of halogens is 3. The number of rotatable bonds is 3. The molecule has 2 rings (SSSR count). The summed E-state index contributed by atoms with van der Waals surface area (Å²) < 4.78 is 26.9. The first kappa shape index (κ1) is 15.3. The van der Waals surface area contributed by atoms with Gasteiger partial charge in [0.25, 0.3) is 0 Å². The highest BCUT2D eigenvalue weighted by atomic mass is 35.5. The summed E-state index contributed by atoms with van der Waals surface area (Å²) in [6, 6.07) is 4.14. The minimum Gasteiger partial charge on any atom is -0.328 e. The van der Waals surface area contributed by atoms with E-state index in [-0.39, 0.29) is 24.0 Å². The van der Waals surface area contributed by atoms with Crippen LogP contribution >= 0.6 is 12.4 Å². The van der Waals surface area contributed by atoms with Gasteiger partial charge in [-0.25, -0.2) is 8.78 Å². The second-order valence-corrected chi connectivity index (χ2v) is 4.84. The van der Waals surface area contributed by atoms with Crippen molar-refractivity contribution in [3.8, 4) is 0 Å².